The van der Waals surface area contributed by atoms with Crippen molar-refractivity contribution in [3.8, 4) is 5.75 Å². The first-order valence-electron chi connectivity index (χ1n) is 12.6. The van der Waals surface area contributed by atoms with Gasteiger partial charge < -0.3 is 15.0 Å². The van der Waals surface area contributed by atoms with Crippen molar-refractivity contribution in [3.05, 3.63) is 94.5 Å². The zero-order chi connectivity index (χ0) is 24.6. The third-order valence-corrected chi connectivity index (χ3v) is 6.78. The predicted molar refractivity (Wildman–Crippen MR) is 143 cm³/mol. The zero-order valence-corrected chi connectivity index (χ0v) is 21.2. The molecule has 0 radical (unpaired) electrons. The lowest BCUT2D eigenvalue weighted by atomic mass is 10.1. The number of ether oxygens (including phenoxy) is 1. The van der Waals surface area contributed by atoms with Crippen LogP contribution in [-0.4, -0.2) is 50.1 Å². The summed E-state index contributed by atoms with van der Waals surface area (Å²) in [5, 5.41) is 2.96. The monoisotopic (exact) mass is 471 g/mol. The molecule has 1 saturated heterocycles. The minimum absolute atomic E-state index is 0.0374. The summed E-state index contributed by atoms with van der Waals surface area (Å²) in [4.78, 5) is 17.2. The Balaban J connectivity index is 1.18. The van der Waals surface area contributed by atoms with Gasteiger partial charge >= 0.3 is 0 Å². The van der Waals surface area contributed by atoms with Crippen molar-refractivity contribution in [1.29, 1.82) is 0 Å². The quantitative estimate of drug-likeness (QED) is 0.439. The second-order valence-electron chi connectivity index (χ2n) is 9.45. The number of hydrogen-bond donors (Lipinski definition) is 1. The molecule has 184 valence electrons. The van der Waals surface area contributed by atoms with Crippen molar-refractivity contribution in [2.75, 3.05) is 44.2 Å². The van der Waals surface area contributed by atoms with E-state index in [4.69, 9.17) is 4.74 Å². The fraction of sp³-hybridized carbons (Fsp3) is 0.367. The third kappa shape index (κ3) is 6.86. The van der Waals surface area contributed by atoms with Crippen LogP contribution in [0.15, 0.2) is 66.7 Å². The van der Waals surface area contributed by atoms with Crippen LogP contribution in [0.2, 0.25) is 0 Å². The SMILES string of the molecule is Cc1ccc(C(=O)NCCCOc2cccc(CN3CCN(c4cccc(C)c4C)CC3)c2)cc1. The smallest absolute Gasteiger partial charge is 0.251 e. The van der Waals surface area contributed by atoms with Crippen LogP contribution < -0.4 is 15.0 Å². The molecule has 35 heavy (non-hydrogen) atoms. The Kier molecular flexibility index (Phi) is 8.43. The van der Waals surface area contributed by atoms with Gasteiger partial charge in [0.1, 0.15) is 5.75 Å². The summed E-state index contributed by atoms with van der Waals surface area (Å²) < 4.78 is 5.96. The average molecular weight is 472 g/mol. The van der Waals surface area contributed by atoms with Gasteiger partial charge in [0.15, 0.2) is 0 Å². The first kappa shape index (κ1) is 24.8. The van der Waals surface area contributed by atoms with Crippen molar-refractivity contribution in [2.45, 2.75) is 33.7 Å². The van der Waals surface area contributed by atoms with Crippen LogP contribution in [0.3, 0.4) is 0 Å². The summed E-state index contributed by atoms with van der Waals surface area (Å²) in [6, 6.07) is 22.6. The molecule has 5 nitrogen and oxygen atoms in total. The lowest BCUT2D eigenvalue weighted by molar-refractivity contribution is 0.0951. The first-order chi connectivity index (χ1) is 17.0. The number of amides is 1. The number of anilines is 1. The van der Waals surface area contributed by atoms with Crippen LogP contribution in [0, 0.1) is 20.8 Å². The topological polar surface area (TPSA) is 44.8 Å². The van der Waals surface area contributed by atoms with E-state index in [1.54, 1.807) is 0 Å². The van der Waals surface area contributed by atoms with E-state index >= 15 is 0 Å². The summed E-state index contributed by atoms with van der Waals surface area (Å²) in [7, 11) is 0. The highest BCUT2D eigenvalue weighted by molar-refractivity contribution is 5.94. The second-order valence-corrected chi connectivity index (χ2v) is 9.45. The van der Waals surface area contributed by atoms with E-state index in [1.165, 1.54) is 22.4 Å². The average Bonchev–Trinajstić information content (AvgIpc) is 2.87. The Morgan fingerprint density at radius 1 is 0.914 bits per heavy atom. The van der Waals surface area contributed by atoms with Crippen LogP contribution in [0.25, 0.3) is 0 Å². The maximum Gasteiger partial charge on any atom is 0.251 e. The molecule has 0 atom stereocenters. The highest BCUT2D eigenvalue weighted by atomic mass is 16.5. The van der Waals surface area contributed by atoms with Crippen molar-refractivity contribution < 1.29 is 9.53 Å². The van der Waals surface area contributed by atoms with Gasteiger partial charge in [-0.05, 0) is 74.2 Å². The summed E-state index contributed by atoms with van der Waals surface area (Å²) in [6.07, 6.45) is 0.766. The molecule has 0 aliphatic carbocycles. The normalized spacial score (nSPS) is 14.1. The van der Waals surface area contributed by atoms with E-state index < -0.39 is 0 Å². The highest BCUT2D eigenvalue weighted by Gasteiger charge is 2.19. The van der Waals surface area contributed by atoms with Crippen LogP contribution in [0.4, 0.5) is 5.69 Å². The van der Waals surface area contributed by atoms with Crippen molar-refractivity contribution in [2.24, 2.45) is 0 Å². The molecule has 3 aromatic carbocycles. The molecule has 0 bridgehead atoms. The molecule has 0 spiro atoms. The Morgan fingerprint density at radius 2 is 1.66 bits per heavy atom. The Labute approximate surface area is 209 Å². The van der Waals surface area contributed by atoms with Crippen LogP contribution in [-0.2, 0) is 6.54 Å². The number of aryl methyl sites for hydroxylation is 2. The molecule has 1 heterocycles. The minimum Gasteiger partial charge on any atom is -0.494 e. The summed E-state index contributed by atoms with van der Waals surface area (Å²) in [5.41, 5.74) is 7.23. The first-order valence-corrected chi connectivity index (χ1v) is 12.6. The van der Waals surface area contributed by atoms with Gasteiger partial charge in [-0.25, -0.2) is 0 Å². The molecule has 1 amide bonds. The lowest BCUT2D eigenvalue weighted by Crippen LogP contribution is -2.46. The number of nitrogens with zero attached hydrogens (tertiary/aromatic N) is 2. The Bertz CT molecular complexity index is 1120. The molecule has 0 saturated carbocycles. The fourth-order valence-corrected chi connectivity index (χ4v) is 4.49. The largest absolute Gasteiger partial charge is 0.494 e. The predicted octanol–water partition coefficient (Wildman–Crippen LogP) is 5.13. The van der Waals surface area contributed by atoms with E-state index in [1.807, 2.05) is 37.3 Å². The van der Waals surface area contributed by atoms with E-state index in [0.29, 0.717) is 18.7 Å². The van der Waals surface area contributed by atoms with E-state index in [9.17, 15) is 4.79 Å². The molecule has 1 aliphatic rings. The Morgan fingerprint density at radius 3 is 2.43 bits per heavy atom. The van der Waals surface area contributed by atoms with Gasteiger partial charge in [0.2, 0.25) is 0 Å². The van der Waals surface area contributed by atoms with Crippen molar-refractivity contribution in [3.63, 3.8) is 0 Å². The van der Waals surface area contributed by atoms with Gasteiger partial charge in [-0.1, -0.05) is 42.0 Å². The number of rotatable bonds is 9. The molecule has 1 fully saturated rings. The van der Waals surface area contributed by atoms with E-state index in [-0.39, 0.29) is 5.91 Å². The van der Waals surface area contributed by atoms with Gasteiger partial charge in [-0.3, -0.25) is 9.69 Å². The van der Waals surface area contributed by atoms with Gasteiger partial charge in [-0.15, -0.1) is 0 Å². The van der Waals surface area contributed by atoms with Gasteiger partial charge in [0, 0.05) is 50.5 Å². The summed E-state index contributed by atoms with van der Waals surface area (Å²) in [5.74, 6) is 0.853. The van der Waals surface area contributed by atoms with Crippen LogP contribution >= 0.6 is 0 Å². The number of piperazine rings is 1. The Hall–Kier alpha value is -3.31. The zero-order valence-electron chi connectivity index (χ0n) is 21.2. The maximum atomic E-state index is 12.2. The number of benzene rings is 3. The van der Waals surface area contributed by atoms with Crippen molar-refractivity contribution in [1.82, 2.24) is 10.2 Å². The summed E-state index contributed by atoms with van der Waals surface area (Å²) in [6.45, 7) is 12.7. The number of carbonyl (C=O) groups excluding carboxylic acids is 1. The molecule has 3 aromatic rings. The lowest BCUT2D eigenvalue weighted by Gasteiger charge is -2.37. The maximum absolute atomic E-state index is 12.2. The molecule has 1 aliphatic heterocycles. The molecule has 1 N–H and O–H groups in total. The number of nitrogens with one attached hydrogen (secondary N) is 1. The van der Waals surface area contributed by atoms with Crippen molar-refractivity contribution >= 4 is 11.6 Å². The van der Waals surface area contributed by atoms with Gasteiger partial charge in [-0.2, -0.15) is 0 Å². The fourth-order valence-electron chi connectivity index (χ4n) is 4.49. The number of carbonyl (C=O) groups is 1. The molecular weight excluding hydrogens is 434 g/mol. The third-order valence-electron chi connectivity index (χ3n) is 6.78. The van der Waals surface area contributed by atoms with Crippen LogP contribution in [0.1, 0.15) is 39.0 Å². The molecule has 4 rings (SSSR count). The molecule has 0 unspecified atom stereocenters. The van der Waals surface area contributed by atoms with E-state index in [2.05, 4.69) is 65.4 Å². The standard InChI is InChI=1S/C30H37N3O2/c1-23-11-13-27(14-12-23)30(34)31-15-6-20-35-28-9-5-8-26(21-28)22-32-16-18-33(19-17-32)29-10-4-7-24(2)25(29)3/h4-5,7-14,21H,6,15-20,22H2,1-3H3,(H,31,34). The van der Waals surface area contributed by atoms with Crippen LogP contribution in [0.5, 0.6) is 5.75 Å². The van der Waals surface area contributed by atoms with Gasteiger partial charge in [0.25, 0.3) is 5.91 Å². The number of hydrogen-bond acceptors (Lipinski definition) is 4. The van der Waals surface area contributed by atoms with Gasteiger partial charge in [0.05, 0.1) is 6.61 Å². The molecule has 0 aromatic heterocycles. The van der Waals surface area contributed by atoms with E-state index in [0.717, 1.165) is 50.5 Å². The minimum atomic E-state index is -0.0374. The second kappa shape index (κ2) is 11.9. The summed E-state index contributed by atoms with van der Waals surface area (Å²) >= 11 is 0. The highest BCUT2D eigenvalue weighted by Crippen LogP contribution is 2.24. The molecule has 5 heteroatoms. The molecular formula is C30H37N3O2.